The van der Waals surface area contributed by atoms with Gasteiger partial charge < -0.3 is 4.74 Å². The van der Waals surface area contributed by atoms with E-state index in [1.807, 2.05) is 6.07 Å². The minimum absolute atomic E-state index is 0.0342. The molecule has 0 N–H and O–H groups in total. The zero-order valence-corrected chi connectivity index (χ0v) is 13.5. The van der Waals surface area contributed by atoms with E-state index in [1.54, 1.807) is 20.8 Å². The molecule has 0 saturated carbocycles. The number of ether oxygens (including phenoxy) is 1. The van der Waals surface area contributed by atoms with Gasteiger partial charge in [-0.3, -0.25) is 4.79 Å². The zero-order chi connectivity index (χ0) is 15.9. The molecule has 0 aromatic rings. The van der Waals surface area contributed by atoms with Crippen molar-refractivity contribution < 1.29 is 17.9 Å². The molecule has 0 saturated heterocycles. The fourth-order valence-electron chi connectivity index (χ4n) is 1.69. The molecule has 0 radical (unpaired) electrons. The Morgan fingerprint density at radius 1 is 1.35 bits per heavy atom. The summed E-state index contributed by atoms with van der Waals surface area (Å²) < 4.78 is 31.6. The summed E-state index contributed by atoms with van der Waals surface area (Å²) in [5.74, 6) is -1.40. The van der Waals surface area contributed by atoms with Gasteiger partial charge in [-0.2, -0.15) is 22.3 Å². The Bertz CT molecular complexity index is 458. The van der Waals surface area contributed by atoms with Crippen molar-refractivity contribution >= 4 is 16.2 Å². The van der Waals surface area contributed by atoms with Crippen molar-refractivity contribution in [1.29, 1.82) is 5.26 Å². The van der Waals surface area contributed by atoms with E-state index in [9.17, 15) is 13.2 Å². The molecule has 0 aromatic carbocycles. The molecule has 0 heterocycles. The molecule has 0 aliphatic carbocycles. The molecule has 2 atom stereocenters. The summed E-state index contributed by atoms with van der Waals surface area (Å²) in [6, 6.07) is 2.01. The standard InChI is InChI=1S/C12H23N3O4S/c1-6-15(8-10(2)7-13)20(17,18)14(4)9-11(3)12(16)19-5/h10-11H,6,8-9H2,1-5H3/t10-,11+/m1/s1. The lowest BCUT2D eigenvalue weighted by Crippen LogP contribution is -2.45. The van der Waals surface area contributed by atoms with Gasteiger partial charge >= 0.3 is 5.97 Å². The molecular weight excluding hydrogens is 282 g/mol. The number of esters is 1. The lowest BCUT2D eigenvalue weighted by Gasteiger charge is -2.28. The van der Waals surface area contributed by atoms with Crippen LogP contribution in [0, 0.1) is 23.2 Å². The number of hydrogen-bond acceptors (Lipinski definition) is 5. The largest absolute Gasteiger partial charge is 0.469 e. The predicted molar refractivity (Wildman–Crippen MR) is 74.8 cm³/mol. The van der Waals surface area contributed by atoms with Crippen LogP contribution < -0.4 is 0 Å². The number of carbonyl (C=O) groups excluding carboxylic acids is 1. The highest BCUT2D eigenvalue weighted by atomic mass is 32.2. The SMILES string of the molecule is CCN(C[C@H](C)C#N)S(=O)(=O)N(C)C[C@H](C)C(=O)OC. The number of nitriles is 1. The van der Waals surface area contributed by atoms with E-state index in [2.05, 4.69) is 4.74 Å². The van der Waals surface area contributed by atoms with Gasteiger partial charge in [-0.15, -0.1) is 0 Å². The van der Waals surface area contributed by atoms with Crippen molar-refractivity contribution in [3.8, 4) is 6.07 Å². The Balaban J connectivity index is 4.92. The second-order valence-corrected chi connectivity index (χ2v) is 6.73. The first-order valence-electron chi connectivity index (χ1n) is 6.39. The normalized spacial score (nSPS) is 14.9. The third-order valence-electron chi connectivity index (χ3n) is 2.91. The van der Waals surface area contributed by atoms with Gasteiger partial charge in [0.15, 0.2) is 0 Å². The second-order valence-electron chi connectivity index (χ2n) is 4.69. The van der Waals surface area contributed by atoms with Gasteiger partial charge in [0, 0.05) is 26.7 Å². The van der Waals surface area contributed by atoms with E-state index in [0.717, 1.165) is 4.31 Å². The first kappa shape index (κ1) is 18.8. The van der Waals surface area contributed by atoms with Crippen LogP contribution in [0.5, 0.6) is 0 Å². The maximum absolute atomic E-state index is 12.3. The number of carbonyl (C=O) groups is 1. The molecule has 0 spiro atoms. The van der Waals surface area contributed by atoms with Crippen LogP contribution in [0.2, 0.25) is 0 Å². The third kappa shape index (κ3) is 5.07. The Hall–Kier alpha value is -1.17. The number of methoxy groups -OCH3 is 1. The first-order valence-corrected chi connectivity index (χ1v) is 7.79. The zero-order valence-electron chi connectivity index (χ0n) is 12.7. The summed E-state index contributed by atoms with van der Waals surface area (Å²) in [6.45, 7) is 5.41. The maximum atomic E-state index is 12.3. The van der Waals surface area contributed by atoms with Gasteiger partial charge in [0.05, 0.1) is 25.0 Å². The Labute approximate surface area is 121 Å². The molecule has 0 aromatic heterocycles. The lowest BCUT2D eigenvalue weighted by molar-refractivity contribution is -0.145. The Kier molecular flexibility index (Phi) is 7.71. The predicted octanol–water partition coefficient (Wildman–Crippen LogP) is 0.454. The van der Waals surface area contributed by atoms with E-state index in [4.69, 9.17) is 5.26 Å². The molecule has 0 aliphatic heterocycles. The highest BCUT2D eigenvalue weighted by molar-refractivity contribution is 7.86. The van der Waals surface area contributed by atoms with Gasteiger partial charge in [-0.05, 0) is 6.92 Å². The van der Waals surface area contributed by atoms with Crippen molar-refractivity contribution in [1.82, 2.24) is 8.61 Å². The van der Waals surface area contributed by atoms with Crippen LogP contribution in [0.1, 0.15) is 20.8 Å². The van der Waals surface area contributed by atoms with E-state index in [1.165, 1.54) is 18.5 Å². The Morgan fingerprint density at radius 3 is 2.30 bits per heavy atom. The van der Waals surface area contributed by atoms with E-state index < -0.39 is 28.0 Å². The molecule has 0 rings (SSSR count). The molecule has 0 amide bonds. The summed E-state index contributed by atoms with van der Waals surface area (Å²) in [4.78, 5) is 11.3. The monoisotopic (exact) mass is 305 g/mol. The maximum Gasteiger partial charge on any atom is 0.309 e. The van der Waals surface area contributed by atoms with Crippen LogP contribution in [0.15, 0.2) is 0 Å². The van der Waals surface area contributed by atoms with Crippen molar-refractivity contribution in [2.45, 2.75) is 20.8 Å². The third-order valence-corrected chi connectivity index (χ3v) is 4.90. The van der Waals surface area contributed by atoms with E-state index in [0.29, 0.717) is 0 Å². The smallest absolute Gasteiger partial charge is 0.309 e. The molecular formula is C12H23N3O4S. The van der Waals surface area contributed by atoms with Crippen LogP contribution in [0.25, 0.3) is 0 Å². The van der Waals surface area contributed by atoms with Crippen LogP contribution in [0.3, 0.4) is 0 Å². The van der Waals surface area contributed by atoms with Crippen LogP contribution >= 0.6 is 0 Å². The summed E-state index contributed by atoms with van der Waals surface area (Å²) in [5.41, 5.74) is 0. The fraction of sp³-hybridized carbons (Fsp3) is 0.833. The van der Waals surface area contributed by atoms with Gasteiger partial charge in [0.2, 0.25) is 0 Å². The van der Waals surface area contributed by atoms with Gasteiger partial charge in [0.25, 0.3) is 10.2 Å². The highest BCUT2D eigenvalue weighted by Crippen LogP contribution is 2.12. The molecule has 0 aliphatic rings. The second kappa shape index (κ2) is 8.19. The quantitative estimate of drug-likeness (QED) is 0.607. The molecule has 0 bridgehead atoms. The van der Waals surface area contributed by atoms with Crippen LogP contribution in [0.4, 0.5) is 0 Å². The minimum atomic E-state index is -3.69. The molecule has 0 unspecified atom stereocenters. The lowest BCUT2D eigenvalue weighted by atomic mass is 10.2. The number of rotatable bonds is 8. The summed E-state index contributed by atoms with van der Waals surface area (Å²) in [5, 5.41) is 8.79. The van der Waals surface area contributed by atoms with E-state index >= 15 is 0 Å². The van der Waals surface area contributed by atoms with Crippen molar-refractivity contribution in [3.63, 3.8) is 0 Å². The molecule has 0 fully saturated rings. The van der Waals surface area contributed by atoms with Crippen molar-refractivity contribution in [2.24, 2.45) is 11.8 Å². The Morgan fingerprint density at radius 2 is 1.90 bits per heavy atom. The fourth-order valence-corrected chi connectivity index (χ4v) is 3.23. The van der Waals surface area contributed by atoms with Crippen molar-refractivity contribution in [3.05, 3.63) is 0 Å². The van der Waals surface area contributed by atoms with Crippen LogP contribution in [-0.2, 0) is 19.7 Å². The minimum Gasteiger partial charge on any atom is -0.469 e. The highest BCUT2D eigenvalue weighted by Gasteiger charge is 2.29. The summed E-state index contributed by atoms with van der Waals surface area (Å²) >= 11 is 0. The van der Waals surface area contributed by atoms with Gasteiger partial charge in [-0.1, -0.05) is 13.8 Å². The number of nitrogens with zero attached hydrogens (tertiary/aromatic N) is 3. The number of hydrogen-bond donors (Lipinski definition) is 0. The average Bonchev–Trinajstić information content (AvgIpc) is 2.42. The van der Waals surface area contributed by atoms with Crippen LogP contribution in [-0.4, -0.2) is 56.8 Å². The van der Waals surface area contributed by atoms with Gasteiger partial charge in [0.1, 0.15) is 0 Å². The topological polar surface area (TPSA) is 90.7 Å². The first-order chi connectivity index (χ1) is 9.20. The molecule has 8 heteroatoms. The molecule has 7 nitrogen and oxygen atoms in total. The molecule has 20 heavy (non-hydrogen) atoms. The van der Waals surface area contributed by atoms with Crippen molar-refractivity contribution in [2.75, 3.05) is 33.8 Å². The van der Waals surface area contributed by atoms with E-state index in [-0.39, 0.29) is 19.6 Å². The summed E-state index contributed by atoms with van der Waals surface area (Å²) in [6.07, 6.45) is 0. The molecule has 116 valence electrons. The summed E-state index contributed by atoms with van der Waals surface area (Å²) in [7, 11) is -1.01. The van der Waals surface area contributed by atoms with Gasteiger partial charge in [-0.25, -0.2) is 0 Å². The average molecular weight is 305 g/mol.